The average Bonchev–Trinajstić information content (AvgIpc) is 3.83. The number of aromatic nitrogens is 3. The number of fused-ring (bicyclic) bond motifs is 8. The quantitative estimate of drug-likeness (QED) is 0.180. The molecule has 0 atom stereocenters. The van der Waals surface area contributed by atoms with Crippen LogP contribution in [0.3, 0.4) is 0 Å². The van der Waals surface area contributed by atoms with E-state index in [0.29, 0.717) is 17.5 Å². The summed E-state index contributed by atoms with van der Waals surface area (Å²) in [6, 6.07) is 60.4. The fourth-order valence-electron chi connectivity index (χ4n) is 7.80. The number of rotatable bonds is 5. The molecular weight excluding hydrogens is 663 g/mol. The van der Waals surface area contributed by atoms with Crippen LogP contribution in [0.15, 0.2) is 185 Å². The van der Waals surface area contributed by atoms with Gasteiger partial charge < -0.3 is 8.83 Å². The Morgan fingerprint density at radius 2 is 0.815 bits per heavy atom. The SMILES string of the molecule is c1ccc(-c2ccc(-c3nc(-c4cccc5c4oc4ccccc45)nc(-c4cccc5oc6c7ccccc7c(-c7ccccc7)cc6c45)n3)cc2)cc1. The molecule has 5 heteroatoms. The highest BCUT2D eigenvalue weighted by Crippen LogP contribution is 2.43. The Kier molecular flexibility index (Phi) is 6.79. The monoisotopic (exact) mass is 691 g/mol. The number of hydrogen-bond acceptors (Lipinski definition) is 5. The Morgan fingerprint density at radius 1 is 0.296 bits per heavy atom. The molecule has 8 aromatic carbocycles. The minimum absolute atomic E-state index is 0.534. The van der Waals surface area contributed by atoms with Crippen LogP contribution >= 0.6 is 0 Å². The summed E-state index contributed by atoms with van der Waals surface area (Å²) in [7, 11) is 0. The highest BCUT2D eigenvalue weighted by atomic mass is 16.3. The number of hydrogen-bond donors (Lipinski definition) is 0. The largest absolute Gasteiger partial charge is 0.455 e. The van der Waals surface area contributed by atoms with Gasteiger partial charge in [-0.2, -0.15) is 0 Å². The van der Waals surface area contributed by atoms with Crippen molar-refractivity contribution in [3.8, 4) is 56.4 Å². The van der Waals surface area contributed by atoms with Crippen LogP contribution < -0.4 is 0 Å². The Morgan fingerprint density at radius 3 is 1.61 bits per heavy atom. The van der Waals surface area contributed by atoms with Crippen molar-refractivity contribution in [1.29, 1.82) is 0 Å². The maximum Gasteiger partial charge on any atom is 0.167 e. The van der Waals surface area contributed by atoms with Gasteiger partial charge in [0.15, 0.2) is 17.5 Å². The van der Waals surface area contributed by atoms with Crippen molar-refractivity contribution >= 4 is 54.6 Å². The highest BCUT2D eigenvalue weighted by Gasteiger charge is 2.22. The summed E-state index contributed by atoms with van der Waals surface area (Å²) in [5, 5.41) is 6.23. The summed E-state index contributed by atoms with van der Waals surface area (Å²) in [4.78, 5) is 15.6. The zero-order valence-electron chi connectivity index (χ0n) is 28.9. The summed E-state index contributed by atoms with van der Waals surface area (Å²) in [5.74, 6) is 1.66. The van der Waals surface area contributed by atoms with Crippen LogP contribution in [-0.4, -0.2) is 15.0 Å². The van der Waals surface area contributed by atoms with Crippen molar-refractivity contribution < 1.29 is 8.83 Å². The lowest BCUT2D eigenvalue weighted by molar-refractivity contribution is 0.669. The van der Waals surface area contributed by atoms with Crippen LogP contribution in [0.25, 0.3) is 111 Å². The molecule has 0 N–H and O–H groups in total. The van der Waals surface area contributed by atoms with E-state index in [-0.39, 0.29) is 0 Å². The van der Waals surface area contributed by atoms with Gasteiger partial charge in [0, 0.05) is 38.1 Å². The maximum absolute atomic E-state index is 6.71. The van der Waals surface area contributed by atoms with Crippen molar-refractivity contribution in [1.82, 2.24) is 15.0 Å². The summed E-state index contributed by atoms with van der Waals surface area (Å²) in [5.41, 5.74) is 10.3. The molecule has 11 aromatic rings. The van der Waals surface area contributed by atoms with Gasteiger partial charge in [-0.15, -0.1) is 0 Å². The third kappa shape index (κ3) is 4.83. The molecule has 0 aliphatic rings. The zero-order valence-corrected chi connectivity index (χ0v) is 28.9. The molecule has 0 spiro atoms. The number of furan rings is 2. The zero-order chi connectivity index (χ0) is 35.6. The molecule has 0 unspecified atom stereocenters. The van der Waals surface area contributed by atoms with E-state index in [0.717, 1.165) is 93.6 Å². The number of para-hydroxylation sites is 2. The molecule has 0 bridgehead atoms. The minimum Gasteiger partial charge on any atom is -0.455 e. The Bertz CT molecular complexity index is 3200. The van der Waals surface area contributed by atoms with Crippen LogP contribution in [0, 0.1) is 0 Å². The van der Waals surface area contributed by atoms with Crippen molar-refractivity contribution in [3.05, 3.63) is 176 Å². The summed E-state index contributed by atoms with van der Waals surface area (Å²) in [6.45, 7) is 0. The van der Waals surface area contributed by atoms with E-state index in [1.807, 2.05) is 54.6 Å². The predicted octanol–water partition coefficient (Wildman–Crippen LogP) is 13.2. The topological polar surface area (TPSA) is 65.0 Å². The lowest BCUT2D eigenvalue weighted by Gasteiger charge is -2.11. The molecule has 0 fully saturated rings. The molecule has 0 aliphatic carbocycles. The molecule has 0 saturated heterocycles. The van der Waals surface area contributed by atoms with Crippen molar-refractivity contribution in [2.24, 2.45) is 0 Å². The Hall–Kier alpha value is -7.37. The van der Waals surface area contributed by atoms with E-state index < -0.39 is 0 Å². The van der Waals surface area contributed by atoms with E-state index >= 15 is 0 Å². The first-order valence-corrected chi connectivity index (χ1v) is 18.0. The molecule has 252 valence electrons. The molecule has 5 nitrogen and oxygen atoms in total. The first-order chi connectivity index (χ1) is 26.8. The fraction of sp³-hybridized carbons (Fsp3) is 0. The molecule has 0 amide bonds. The number of nitrogens with zero attached hydrogens (tertiary/aromatic N) is 3. The van der Waals surface area contributed by atoms with Crippen LogP contribution in [0.5, 0.6) is 0 Å². The van der Waals surface area contributed by atoms with Crippen molar-refractivity contribution in [2.45, 2.75) is 0 Å². The van der Waals surface area contributed by atoms with Crippen LogP contribution in [0.2, 0.25) is 0 Å². The predicted molar refractivity (Wildman–Crippen MR) is 219 cm³/mol. The van der Waals surface area contributed by atoms with Gasteiger partial charge in [-0.1, -0.05) is 152 Å². The maximum atomic E-state index is 6.71. The van der Waals surface area contributed by atoms with E-state index in [9.17, 15) is 0 Å². The first-order valence-electron chi connectivity index (χ1n) is 18.0. The lowest BCUT2D eigenvalue weighted by atomic mass is 9.94. The second-order valence-electron chi connectivity index (χ2n) is 13.5. The van der Waals surface area contributed by atoms with Crippen LogP contribution in [-0.2, 0) is 0 Å². The van der Waals surface area contributed by atoms with Gasteiger partial charge in [-0.3, -0.25) is 0 Å². The molecule has 0 radical (unpaired) electrons. The Labute approximate surface area is 309 Å². The van der Waals surface area contributed by atoms with Gasteiger partial charge in [0.1, 0.15) is 22.3 Å². The van der Waals surface area contributed by atoms with Gasteiger partial charge in [-0.05, 0) is 51.9 Å². The Balaban J connectivity index is 1.18. The minimum atomic E-state index is 0.534. The lowest BCUT2D eigenvalue weighted by Crippen LogP contribution is -2.00. The van der Waals surface area contributed by atoms with E-state index in [2.05, 4.69) is 121 Å². The third-order valence-corrected chi connectivity index (χ3v) is 10.4. The van der Waals surface area contributed by atoms with Gasteiger partial charge >= 0.3 is 0 Å². The van der Waals surface area contributed by atoms with Crippen molar-refractivity contribution in [2.75, 3.05) is 0 Å². The summed E-state index contributed by atoms with van der Waals surface area (Å²) < 4.78 is 13.2. The van der Waals surface area contributed by atoms with E-state index in [1.165, 1.54) is 0 Å². The number of benzene rings is 8. The summed E-state index contributed by atoms with van der Waals surface area (Å²) in [6.07, 6.45) is 0. The van der Waals surface area contributed by atoms with Gasteiger partial charge in [0.05, 0.1) is 5.56 Å². The smallest absolute Gasteiger partial charge is 0.167 e. The van der Waals surface area contributed by atoms with Gasteiger partial charge in [0.25, 0.3) is 0 Å². The molecular formula is C49H29N3O2. The molecule has 11 rings (SSSR count). The van der Waals surface area contributed by atoms with Gasteiger partial charge in [-0.25, -0.2) is 15.0 Å². The standard InChI is InChI=1S/C49H29N3O2/c1-3-13-30(14-4-1)31-25-27-33(28-26-31)47-50-48(52-49(51-47)39-22-11-20-37-35-18-9-10-23-42(35)53-45(37)39)38-21-12-24-43-44(38)41-29-40(32-15-5-2-6-16-32)34-17-7-8-19-36(34)46(41)54-43/h1-29H. The fourth-order valence-corrected chi connectivity index (χ4v) is 7.80. The van der Waals surface area contributed by atoms with Gasteiger partial charge in [0.2, 0.25) is 0 Å². The summed E-state index contributed by atoms with van der Waals surface area (Å²) >= 11 is 0. The molecule has 3 aromatic heterocycles. The average molecular weight is 692 g/mol. The highest BCUT2D eigenvalue weighted by molar-refractivity contribution is 6.22. The first kappa shape index (κ1) is 30.3. The normalized spacial score (nSPS) is 11.7. The van der Waals surface area contributed by atoms with E-state index in [1.54, 1.807) is 0 Å². The second kappa shape index (κ2) is 12.1. The van der Waals surface area contributed by atoms with Crippen molar-refractivity contribution in [3.63, 3.8) is 0 Å². The molecule has 0 aliphatic heterocycles. The van der Waals surface area contributed by atoms with E-state index in [4.69, 9.17) is 23.8 Å². The second-order valence-corrected chi connectivity index (χ2v) is 13.5. The molecule has 0 saturated carbocycles. The molecule has 3 heterocycles. The van der Waals surface area contributed by atoms with Crippen LogP contribution in [0.4, 0.5) is 0 Å². The molecule has 54 heavy (non-hydrogen) atoms. The van der Waals surface area contributed by atoms with Crippen LogP contribution in [0.1, 0.15) is 0 Å². The third-order valence-electron chi connectivity index (χ3n) is 10.4.